The molecule has 102 valence electrons. The Morgan fingerprint density at radius 2 is 2.21 bits per heavy atom. The number of nitrogens with one attached hydrogen (secondary N) is 1. The quantitative estimate of drug-likeness (QED) is 0.822. The van der Waals surface area contributed by atoms with E-state index in [1.54, 1.807) is 6.92 Å². The van der Waals surface area contributed by atoms with Gasteiger partial charge in [-0.3, -0.25) is 0 Å². The third-order valence-corrected chi connectivity index (χ3v) is 3.80. The highest BCUT2D eigenvalue weighted by molar-refractivity contribution is 7.89. The molecule has 0 saturated heterocycles. The molecule has 1 aromatic heterocycles. The summed E-state index contributed by atoms with van der Waals surface area (Å²) in [6.45, 7) is 1.56. The van der Waals surface area contributed by atoms with Crippen molar-refractivity contribution in [3.05, 3.63) is 41.9 Å². The largest absolute Gasteiger partial charge is 0.445 e. The first-order valence-electron chi connectivity index (χ1n) is 5.34. The maximum Gasteiger partial charge on any atom is 0.243 e. The lowest BCUT2D eigenvalue weighted by Crippen LogP contribution is -2.24. The number of rotatable bonds is 4. The summed E-state index contributed by atoms with van der Waals surface area (Å²) in [6, 6.07) is 3.14. The number of sulfonamides is 1. The smallest absolute Gasteiger partial charge is 0.243 e. The first kappa shape index (κ1) is 13.5. The van der Waals surface area contributed by atoms with Crippen molar-refractivity contribution in [1.29, 1.82) is 0 Å². The van der Waals surface area contributed by atoms with E-state index in [2.05, 4.69) is 9.71 Å². The molecule has 0 amide bonds. The number of oxazole rings is 1. The van der Waals surface area contributed by atoms with Crippen LogP contribution in [0.25, 0.3) is 0 Å². The van der Waals surface area contributed by atoms with E-state index in [0.29, 0.717) is 5.76 Å². The van der Waals surface area contributed by atoms with E-state index >= 15 is 0 Å². The van der Waals surface area contributed by atoms with Gasteiger partial charge in [-0.1, -0.05) is 0 Å². The van der Waals surface area contributed by atoms with Crippen LogP contribution in [-0.4, -0.2) is 13.4 Å². The summed E-state index contributed by atoms with van der Waals surface area (Å²) >= 11 is 0. The van der Waals surface area contributed by atoms with Crippen LogP contribution in [0.2, 0.25) is 0 Å². The maximum atomic E-state index is 13.1. The van der Waals surface area contributed by atoms with Gasteiger partial charge in [-0.15, -0.1) is 0 Å². The van der Waals surface area contributed by atoms with Crippen LogP contribution in [0.1, 0.15) is 11.7 Å². The van der Waals surface area contributed by atoms with E-state index in [4.69, 9.17) is 10.2 Å². The Morgan fingerprint density at radius 1 is 1.47 bits per heavy atom. The fourth-order valence-electron chi connectivity index (χ4n) is 1.46. The number of aryl methyl sites for hydroxylation is 1. The molecule has 0 aliphatic heterocycles. The van der Waals surface area contributed by atoms with Crippen LogP contribution in [0, 0.1) is 12.7 Å². The summed E-state index contributed by atoms with van der Waals surface area (Å²) < 4.78 is 44.3. The van der Waals surface area contributed by atoms with Crippen LogP contribution >= 0.6 is 0 Å². The standard InChI is InChI=1S/C11H12FN3O3S/c1-7-5-14-11(18-7)6-15-19(16,17)10-4-8(12)2-3-9(10)13/h2-5,15H,6,13H2,1H3. The topological polar surface area (TPSA) is 98.2 Å². The van der Waals surface area contributed by atoms with E-state index in [9.17, 15) is 12.8 Å². The molecular formula is C11H12FN3O3S. The molecule has 1 aromatic carbocycles. The Morgan fingerprint density at radius 3 is 2.84 bits per heavy atom. The number of halogens is 1. The molecule has 0 aliphatic carbocycles. The first-order valence-corrected chi connectivity index (χ1v) is 6.83. The summed E-state index contributed by atoms with van der Waals surface area (Å²) in [5.41, 5.74) is 5.49. The van der Waals surface area contributed by atoms with Crippen LogP contribution in [-0.2, 0) is 16.6 Å². The molecule has 0 fully saturated rings. The molecule has 8 heteroatoms. The van der Waals surface area contributed by atoms with Crippen molar-refractivity contribution in [2.75, 3.05) is 5.73 Å². The monoisotopic (exact) mass is 285 g/mol. The summed E-state index contributed by atoms with van der Waals surface area (Å²) in [5.74, 6) is 0.108. The summed E-state index contributed by atoms with van der Waals surface area (Å²) in [5, 5.41) is 0. The number of anilines is 1. The highest BCUT2D eigenvalue weighted by atomic mass is 32.2. The van der Waals surface area contributed by atoms with E-state index in [0.717, 1.165) is 12.1 Å². The van der Waals surface area contributed by atoms with Gasteiger partial charge in [0.1, 0.15) is 16.5 Å². The highest BCUT2D eigenvalue weighted by Crippen LogP contribution is 2.19. The molecule has 3 N–H and O–H groups in total. The van der Waals surface area contributed by atoms with E-state index in [1.165, 1.54) is 12.3 Å². The Bertz CT molecular complexity index is 697. The van der Waals surface area contributed by atoms with Gasteiger partial charge in [-0.2, -0.15) is 0 Å². The zero-order valence-corrected chi connectivity index (χ0v) is 10.9. The van der Waals surface area contributed by atoms with Crippen molar-refractivity contribution < 1.29 is 17.2 Å². The molecule has 1 heterocycles. The molecule has 0 unspecified atom stereocenters. The Kier molecular flexibility index (Phi) is 3.54. The van der Waals surface area contributed by atoms with Crippen molar-refractivity contribution in [1.82, 2.24) is 9.71 Å². The zero-order chi connectivity index (χ0) is 14.0. The number of nitrogens with two attached hydrogens (primary N) is 1. The molecule has 19 heavy (non-hydrogen) atoms. The minimum Gasteiger partial charge on any atom is -0.445 e. The second kappa shape index (κ2) is 4.98. The van der Waals surface area contributed by atoms with Gasteiger partial charge in [0, 0.05) is 0 Å². The minimum atomic E-state index is -3.92. The number of nitrogen functional groups attached to an aromatic ring is 1. The van der Waals surface area contributed by atoms with E-state index < -0.39 is 15.8 Å². The average Bonchev–Trinajstić information content (AvgIpc) is 2.76. The molecule has 0 saturated carbocycles. The van der Waals surface area contributed by atoms with Crippen molar-refractivity contribution in [2.45, 2.75) is 18.4 Å². The molecule has 0 bridgehead atoms. The van der Waals surface area contributed by atoms with Crippen LogP contribution in [0.3, 0.4) is 0 Å². The fraction of sp³-hybridized carbons (Fsp3) is 0.182. The first-order chi connectivity index (χ1) is 8.88. The second-order valence-electron chi connectivity index (χ2n) is 3.87. The van der Waals surface area contributed by atoms with Gasteiger partial charge >= 0.3 is 0 Å². The van der Waals surface area contributed by atoms with Crippen LogP contribution < -0.4 is 10.5 Å². The lowest BCUT2D eigenvalue weighted by Gasteiger charge is -2.07. The predicted octanol–water partition coefficient (Wildman–Crippen LogP) is 1.18. The van der Waals surface area contributed by atoms with Gasteiger partial charge in [0.15, 0.2) is 0 Å². The lowest BCUT2D eigenvalue weighted by atomic mass is 10.3. The summed E-state index contributed by atoms with van der Waals surface area (Å²) in [6.07, 6.45) is 1.47. The number of benzene rings is 1. The van der Waals surface area contributed by atoms with Gasteiger partial charge in [-0.05, 0) is 25.1 Å². The SMILES string of the molecule is Cc1cnc(CNS(=O)(=O)c2cc(F)ccc2N)o1. The Hall–Kier alpha value is -1.93. The van der Waals surface area contributed by atoms with Gasteiger partial charge in [0.25, 0.3) is 0 Å². The third-order valence-electron chi connectivity index (χ3n) is 2.35. The summed E-state index contributed by atoms with van der Waals surface area (Å²) in [4.78, 5) is 3.54. The zero-order valence-electron chi connectivity index (χ0n) is 10.1. The molecule has 6 nitrogen and oxygen atoms in total. The number of aromatic nitrogens is 1. The number of hydrogen-bond acceptors (Lipinski definition) is 5. The molecule has 0 aliphatic rings. The molecule has 0 radical (unpaired) electrons. The van der Waals surface area contributed by atoms with Crippen molar-refractivity contribution >= 4 is 15.7 Å². The van der Waals surface area contributed by atoms with E-state index in [1.807, 2.05) is 0 Å². The average molecular weight is 285 g/mol. The molecule has 0 spiro atoms. The van der Waals surface area contributed by atoms with Crippen molar-refractivity contribution in [2.24, 2.45) is 0 Å². The van der Waals surface area contributed by atoms with Crippen LogP contribution in [0.5, 0.6) is 0 Å². The predicted molar refractivity (Wildman–Crippen MR) is 66.1 cm³/mol. The van der Waals surface area contributed by atoms with Gasteiger partial charge in [0.2, 0.25) is 15.9 Å². The lowest BCUT2D eigenvalue weighted by molar-refractivity contribution is 0.463. The normalized spacial score (nSPS) is 11.7. The van der Waals surface area contributed by atoms with Crippen molar-refractivity contribution in [3.8, 4) is 0 Å². The molecule has 2 aromatic rings. The van der Waals surface area contributed by atoms with Gasteiger partial charge in [0.05, 0.1) is 18.4 Å². The third kappa shape index (κ3) is 3.09. The Balaban J connectivity index is 2.20. The summed E-state index contributed by atoms with van der Waals surface area (Å²) in [7, 11) is -3.92. The number of nitrogens with zero attached hydrogens (tertiary/aromatic N) is 1. The second-order valence-corrected chi connectivity index (χ2v) is 5.61. The van der Waals surface area contributed by atoms with Crippen molar-refractivity contribution in [3.63, 3.8) is 0 Å². The Labute approximate surface area is 109 Å². The maximum absolute atomic E-state index is 13.1. The van der Waals surface area contributed by atoms with Gasteiger partial charge in [-0.25, -0.2) is 22.5 Å². The van der Waals surface area contributed by atoms with Crippen LogP contribution in [0.4, 0.5) is 10.1 Å². The molecule has 2 rings (SSSR count). The molecule has 0 atom stereocenters. The highest BCUT2D eigenvalue weighted by Gasteiger charge is 2.18. The van der Waals surface area contributed by atoms with E-state index in [-0.39, 0.29) is 23.0 Å². The van der Waals surface area contributed by atoms with Crippen LogP contribution in [0.15, 0.2) is 33.7 Å². The van der Waals surface area contributed by atoms with Gasteiger partial charge < -0.3 is 10.2 Å². The molecular weight excluding hydrogens is 273 g/mol. The fourth-order valence-corrected chi connectivity index (χ4v) is 2.57. The number of hydrogen-bond donors (Lipinski definition) is 2. The minimum absolute atomic E-state index is 0.0301.